The van der Waals surface area contributed by atoms with Gasteiger partial charge in [0.25, 0.3) is 0 Å². The van der Waals surface area contributed by atoms with E-state index in [1.807, 2.05) is 29.9 Å². The molecule has 0 bridgehead atoms. The Hall–Kier alpha value is -1.13. The van der Waals surface area contributed by atoms with E-state index in [1.54, 1.807) is 11.8 Å². The smallest absolute Gasteiger partial charge is 0.0646 e. The second-order valence-electron chi connectivity index (χ2n) is 4.08. The van der Waals surface area contributed by atoms with Gasteiger partial charge in [-0.15, -0.1) is 11.8 Å². The normalized spacial score (nSPS) is 10.8. The lowest BCUT2D eigenvalue weighted by atomic mass is 10.3. The molecule has 2 N–H and O–H groups in total. The molecule has 0 unspecified atom stereocenters. The molecule has 2 rings (SSSR count). The van der Waals surface area contributed by atoms with Gasteiger partial charge in [-0.05, 0) is 30.7 Å². The SMILES string of the molecule is CCc1cc(CSc2ccc(N)c(Cl)c2)n(C)n1. The van der Waals surface area contributed by atoms with E-state index in [9.17, 15) is 0 Å². The molecule has 2 aromatic rings. The average molecular weight is 282 g/mol. The molecule has 0 aliphatic carbocycles. The Labute approximate surface area is 116 Å². The van der Waals surface area contributed by atoms with Gasteiger partial charge >= 0.3 is 0 Å². The Morgan fingerprint density at radius 1 is 1.39 bits per heavy atom. The molecule has 0 fully saturated rings. The molecule has 0 atom stereocenters. The van der Waals surface area contributed by atoms with Crippen molar-refractivity contribution >= 4 is 29.1 Å². The zero-order chi connectivity index (χ0) is 13.1. The standard InChI is InChI=1S/C13H16ClN3S/c1-3-9-6-10(17(2)16-9)8-18-11-4-5-13(15)12(14)7-11/h4-7H,3,8,15H2,1-2H3. The molecule has 0 amide bonds. The zero-order valence-electron chi connectivity index (χ0n) is 10.5. The number of halogens is 1. The van der Waals surface area contributed by atoms with Gasteiger partial charge in [-0.1, -0.05) is 18.5 Å². The first-order chi connectivity index (χ1) is 8.60. The number of hydrogen-bond acceptors (Lipinski definition) is 3. The van der Waals surface area contributed by atoms with Crippen LogP contribution in [0.1, 0.15) is 18.3 Å². The summed E-state index contributed by atoms with van der Waals surface area (Å²) in [6, 6.07) is 7.87. The predicted molar refractivity (Wildman–Crippen MR) is 78.0 cm³/mol. The minimum Gasteiger partial charge on any atom is -0.398 e. The van der Waals surface area contributed by atoms with E-state index in [1.165, 1.54) is 5.69 Å². The maximum Gasteiger partial charge on any atom is 0.0646 e. The van der Waals surface area contributed by atoms with Gasteiger partial charge in [0.05, 0.1) is 16.4 Å². The third-order valence-corrected chi connectivity index (χ3v) is 4.10. The zero-order valence-corrected chi connectivity index (χ0v) is 12.1. The van der Waals surface area contributed by atoms with Crippen LogP contribution < -0.4 is 5.73 Å². The van der Waals surface area contributed by atoms with Crippen molar-refractivity contribution in [3.8, 4) is 0 Å². The van der Waals surface area contributed by atoms with Gasteiger partial charge in [-0.2, -0.15) is 5.10 Å². The van der Waals surface area contributed by atoms with E-state index in [4.69, 9.17) is 17.3 Å². The fraction of sp³-hybridized carbons (Fsp3) is 0.308. The van der Waals surface area contributed by atoms with E-state index in [0.717, 1.165) is 22.8 Å². The molecule has 0 aliphatic rings. The van der Waals surface area contributed by atoms with Gasteiger partial charge in [-0.25, -0.2) is 0 Å². The monoisotopic (exact) mass is 281 g/mol. The summed E-state index contributed by atoms with van der Waals surface area (Å²) in [7, 11) is 1.98. The topological polar surface area (TPSA) is 43.8 Å². The molecule has 96 valence electrons. The highest BCUT2D eigenvalue weighted by molar-refractivity contribution is 7.98. The van der Waals surface area contributed by atoms with Gasteiger partial charge in [0.15, 0.2) is 0 Å². The second-order valence-corrected chi connectivity index (χ2v) is 5.53. The average Bonchev–Trinajstić information content (AvgIpc) is 2.72. The number of nitrogens with zero attached hydrogens (tertiary/aromatic N) is 2. The lowest BCUT2D eigenvalue weighted by molar-refractivity contribution is 0.720. The molecule has 5 heteroatoms. The minimum absolute atomic E-state index is 0.610. The maximum atomic E-state index is 6.00. The number of anilines is 1. The Bertz CT molecular complexity index is 551. The van der Waals surface area contributed by atoms with Crippen LogP contribution >= 0.6 is 23.4 Å². The highest BCUT2D eigenvalue weighted by Gasteiger charge is 2.05. The first-order valence-corrected chi connectivity index (χ1v) is 7.16. The van der Waals surface area contributed by atoms with Crippen LogP contribution in [0, 0.1) is 0 Å². The summed E-state index contributed by atoms with van der Waals surface area (Å²) >= 11 is 7.73. The Morgan fingerprint density at radius 3 is 2.78 bits per heavy atom. The van der Waals surface area contributed by atoms with Crippen molar-refractivity contribution < 1.29 is 0 Å². The van der Waals surface area contributed by atoms with E-state index in [0.29, 0.717) is 10.7 Å². The molecule has 0 radical (unpaired) electrons. The van der Waals surface area contributed by atoms with Crippen molar-refractivity contribution in [2.75, 3.05) is 5.73 Å². The molecule has 1 heterocycles. The number of nitrogen functional groups attached to an aromatic ring is 1. The summed E-state index contributed by atoms with van der Waals surface area (Å²) in [4.78, 5) is 1.12. The lowest BCUT2D eigenvalue weighted by Crippen LogP contribution is -1.96. The third-order valence-electron chi connectivity index (χ3n) is 2.75. The predicted octanol–water partition coefficient (Wildman–Crippen LogP) is 3.51. The van der Waals surface area contributed by atoms with Crippen LogP contribution in [0.5, 0.6) is 0 Å². The van der Waals surface area contributed by atoms with Crippen LogP contribution in [-0.2, 0) is 19.2 Å². The largest absolute Gasteiger partial charge is 0.398 e. The molecular weight excluding hydrogens is 266 g/mol. The highest BCUT2D eigenvalue weighted by atomic mass is 35.5. The molecular formula is C13H16ClN3S. The van der Waals surface area contributed by atoms with Crippen LogP contribution in [0.3, 0.4) is 0 Å². The fourth-order valence-corrected chi connectivity index (χ4v) is 2.83. The Morgan fingerprint density at radius 2 is 2.17 bits per heavy atom. The number of thioether (sulfide) groups is 1. The molecule has 1 aromatic carbocycles. The molecule has 0 saturated heterocycles. The summed E-state index contributed by atoms with van der Waals surface area (Å²) in [6.07, 6.45) is 0.964. The van der Waals surface area contributed by atoms with Crippen LogP contribution in [0.4, 0.5) is 5.69 Å². The third kappa shape index (κ3) is 3.00. The first kappa shape index (κ1) is 13.3. The van der Waals surface area contributed by atoms with Crippen molar-refractivity contribution in [3.05, 3.63) is 40.7 Å². The summed E-state index contributed by atoms with van der Waals surface area (Å²) < 4.78 is 1.94. The van der Waals surface area contributed by atoms with E-state index in [2.05, 4.69) is 18.1 Å². The van der Waals surface area contributed by atoms with E-state index < -0.39 is 0 Å². The number of benzene rings is 1. The summed E-state index contributed by atoms with van der Waals surface area (Å²) in [6.45, 7) is 2.11. The van der Waals surface area contributed by atoms with Crippen molar-refractivity contribution in [3.63, 3.8) is 0 Å². The maximum absolute atomic E-state index is 6.00. The quantitative estimate of drug-likeness (QED) is 0.689. The first-order valence-electron chi connectivity index (χ1n) is 5.79. The number of hydrogen-bond donors (Lipinski definition) is 1. The van der Waals surface area contributed by atoms with Gasteiger partial charge in [-0.3, -0.25) is 4.68 Å². The van der Waals surface area contributed by atoms with Crippen molar-refractivity contribution in [2.45, 2.75) is 24.0 Å². The van der Waals surface area contributed by atoms with Crippen LogP contribution in [0.25, 0.3) is 0 Å². The molecule has 0 spiro atoms. The van der Waals surface area contributed by atoms with Crippen molar-refractivity contribution in [1.82, 2.24) is 9.78 Å². The minimum atomic E-state index is 0.610. The van der Waals surface area contributed by atoms with Crippen molar-refractivity contribution in [1.29, 1.82) is 0 Å². The lowest BCUT2D eigenvalue weighted by Gasteiger charge is -2.04. The molecule has 1 aromatic heterocycles. The van der Waals surface area contributed by atoms with Crippen LogP contribution in [-0.4, -0.2) is 9.78 Å². The summed E-state index contributed by atoms with van der Waals surface area (Å²) in [5, 5.41) is 5.04. The second kappa shape index (κ2) is 5.67. The summed E-state index contributed by atoms with van der Waals surface area (Å²) in [5.41, 5.74) is 8.65. The van der Waals surface area contributed by atoms with Gasteiger partial charge in [0.2, 0.25) is 0 Å². The number of aryl methyl sites for hydroxylation is 2. The number of rotatable bonds is 4. The summed E-state index contributed by atoms with van der Waals surface area (Å²) in [5.74, 6) is 0.879. The van der Waals surface area contributed by atoms with Crippen molar-refractivity contribution in [2.24, 2.45) is 7.05 Å². The van der Waals surface area contributed by atoms with E-state index >= 15 is 0 Å². The van der Waals surface area contributed by atoms with Crippen LogP contribution in [0.2, 0.25) is 5.02 Å². The van der Waals surface area contributed by atoms with Gasteiger partial charge in [0, 0.05) is 23.4 Å². The van der Waals surface area contributed by atoms with Crippen LogP contribution in [0.15, 0.2) is 29.2 Å². The number of nitrogens with two attached hydrogens (primary N) is 1. The highest BCUT2D eigenvalue weighted by Crippen LogP contribution is 2.28. The molecule has 3 nitrogen and oxygen atoms in total. The van der Waals surface area contributed by atoms with E-state index in [-0.39, 0.29) is 0 Å². The molecule has 0 saturated carbocycles. The Kier molecular flexibility index (Phi) is 4.19. The molecule has 0 aliphatic heterocycles. The van der Waals surface area contributed by atoms with Gasteiger partial charge in [0.1, 0.15) is 0 Å². The molecule has 18 heavy (non-hydrogen) atoms. The van der Waals surface area contributed by atoms with Gasteiger partial charge < -0.3 is 5.73 Å². The number of aromatic nitrogens is 2. The fourth-order valence-electron chi connectivity index (χ4n) is 1.63. The Balaban J connectivity index is 2.06.